The molecule has 6 heteroatoms. The van der Waals surface area contributed by atoms with Gasteiger partial charge in [0.2, 0.25) is 0 Å². The zero-order valence-electron chi connectivity index (χ0n) is 19.6. The van der Waals surface area contributed by atoms with E-state index in [-0.39, 0.29) is 17.9 Å². The van der Waals surface area contributed by atoms with E-state index in [1.807, 2.05) is 30.3 Å². The van der Waals surface area contributed by atoms with Crippen molar-refractivity contribution in [2.24, 2.45) is 5.92 Å². The second kappa shape index (κ2) is 10.6. The number of carbonyl (C=O) groups is 1. The Labute approximate surface area is 196 Å². The van der Waals surface area contributed by atoms with Gasteiger partial charge in [-0.25, -0.2) is 0 Å². The van der Waals surface area contributed by atoms with E-state index in [4.69, 9.17) is 4.74 Å². The monoisotopic (exact) mass is 444 g/mol. The van der Waals surface area contributed by atoms with Crippen molar-refractivity contribution in [3.63, 3.8) is 0 Å². The van der Waals surface area contributed by atoms with E-state index >= 15 is 0 Å². The molecule has 2 atom stereocenters. The van der Waals surface area contributed by atoms with Gasteiger partial charge >= 0.3 is 0 Å². The molecule has 0 unspecified atom stereocenters. The van der Waals surface area contributed by atoms with Crippen LogP contribution in [-0.2, 0) is 6.54 Å². The van der Waals surface area contributed by atoms with Gasteiger partial charge in [0, 0.05) is 25.5 Å². The van der Waals surface area contributed by atoms with Gasteiger partial charge in [-0.2, -0.15) is 0 Å². The summed E-state index contributed by atoms with van der Waals surface area (Å²) in [7, 11) is 1.72. The van der Waals surface area contributed by atoms with Crippen LogP contribution in [0.2, 0.25) is 0 Å². The Bertz CT molecular complexity index is 1070. The Morgan fingerprint density at radius 3 is 2.61 bits per heavy atom. The summed E-state index contributed by atoms with van der Waals surface area (Å²) >= 11 is 0. The predicted octanol–water partition coefficient (Wildman–Crippen LogP) is 4.49. The summed E-state index contributed by atoms with van der Waals surface area (Å²) in [5.74, 6) is 1.03. The molecule has 33 heavy (non-hydrogen) atoms. The van der Waals surface area contributed by atoms with Crippen LogP contribution in [-0.4, -0.2) is 41.0 Å². The Morgan fingerprint density at radius 2 is 1.91 bits per heavy atom. The fourth-order valence-electron chi connectivity index (χ4n) is 4.69. The molecule has 0 radical (unpaired) electrons. The second-order valence-electron chi connectivity index (χ2n) is 8.81. The maximum Gasteiger partial charge on any atom is 0.270 e. The minimum atomic E-state index is -0.165. The van der Waals surface area contributed by atoms with Gasteiger partial charge < -0.3 is 10.1 Å². The lowest BCUT2D eigenvalue weighted by atomic mass is 9.88. The first-order valence-corrected chi connectivity index (χ1v) is 11.5. The molecule has 1 saturated heterocycles. The fraction of sp³-hybridized carbons (Fsp3) is 0.370. The number of hydrogen-bond donors (Lipinski definition) is 1. The van der Waals surface area contributed by atoms with Crippen LogP contribution < -0.4 is 10.1 Å². The Hall–Kier alpha value is -3.25. The van der Waals surface area contributed by atoms with Gasteiger partial charge in [0.1, 0.15) is 11.4 Å². The van der Waals surface area contributed by atoms with E-state index in [1.165, 1.54) is 11.1 Å². The number of amides is 1. The van der Waals surface area contributed by atoms with Gasteiger partial charge in [0.05, 0.1) is 18.8 Å². The molecule has 1 amide bonds. The molecule has 1 aliphatic heterocycles. The molecule has 1 aromatic carbocycles. The number of carbonyl (C=O) groups excluding carboxylic acids is 1. The number of aromatic nitrogens is 2. The van der Waals surface area contributed by atoms with Gasteiger partial charge in [-0.3, -0.25) is 19.7 Å². The van der Waals surface area contributed by atoms with E-state index in [0.717, 1.165) is 49.5 Å². The quantitative estimate of drug-likeness (QED) is 0.582. The summed E-state index contributed by atoms with van der Waals surface area (Å²) in [6.45, 7) is 7.06. The van der Waals surface area contributed by atoms with Gasteiger partial charge in [-0.1, -0.05) is 18.2 Å². The Kier molecular flexibility index (Phi) is 7.35. The van der Waals surface area contributed by atoms with Gasteiger partial charge in [-0.15, -0.1) is 0 Å². The van der Waals surface area contributed by atoms with Crippen LogP contribution in [0.3, 0.4) is 0 Å². The fourth-order valence-corrected chi connectivity index (χ4v) is 4.69. The number of rotatable bonds is 7. The molecule has 2 aromatic heterocycles. The van der Waals surface area contributed by atoms with Crippen molar-refractivity contribution in [2.45, 2.75) is 39.3 Å². The van der Waals surface area contributed by atoms with E-state index < -0.39 is 0 Å². The smallest absolute Gasteiger partial charge is 0.270 e. The highest BCUT2D eigenvalue weighted by atomic mass is 16.5. The number of piperidine rings is 1. The van der Waals surface area contributed by atoms with Crippen molar-refractivity contribution >= 4 is 5.91 Å². The average molecular weight is 445 g/mol. The summed E-state index contributed by atoms with van der Waals surface area (Å²) in [5, 5.41) is 3.23. The zero-order valence-corrected chi connectivity index (χ0v) is 19.6. The summed E-state index contributed by atoms with van der Waals surface area (Å²) in [4.78, 5) is 24.3. The zero-order chi connectivity index (χ0) is 23.2. The molecule has 0 aliphatic carbocycles. The first-order valence-electron chi connectivity index (χ1n) is 11.5. The highest BCUT2D eigenvalue weighted by Crippen LogP contribution is 2.31. The second-order valence-corrected chi connectivity index (χ2v) is 8.81. The van der Waals surface area contributed by atoms with Crippen LogP contribution in [0.5, 0.6) is 5.75 Å². The number of pyridine rings is 2. The molecule has 0 spiro atoms. The molecule has 1 N–H and O–H groups in total. The van der Waals surface area contributed by atoms with Crippen LogP contribution in [0.4, 0.5) is 0 Å². The van der Waals surface area contributed by atoms with Crippen LogP contribution >= 0.6 is 0 Å². The number of nitrogens with one attached hydrogen (secondary N) is 1. The normalized spacial score (nSPS) is 17.4. The van der Waals surface area contributed by atoms with Crippen molar-refractivity contribution in [2.75, 3.05) is 20.2 Å². The lowest BCUT2D eigenvalue weighted by Gasteiger charge is -2.37. The van der Waals surface area contributed by atoms with Crippen LogP contribution in [0.15, 0.2) is 60.9 Å². The number of likely N-dealkylation sites (tertiary alicyclic amines) is 1. The summed E-state index contributed by atoms with van der Waals surface area (Å²) < 4.78 is 5.48. The average Bonchev–Trinajstić information content (AvgIpc) is 2.85. The third kappa shape index (κ3) is 5.57. The third-order valence-electron chi connectivity index (χ3n) is 6.45. The van der Waals surface area contributed by atoms with E-state index in [0.29, 0.717) is 5.69 Å². The Balaban J connectivity index is 1.53. The molecule has 3 aromatic rings. The molecule has 4 rings (SSSR count). The first kappa shape index (κ1) is 22.9. The molecule has 1 aliphatic rings. The largest absolute Gasteiger partial charge is 0.496 e. The molecule has 6 nitrogen and oxygen atoms in total. The number of methoxy groups -OCH3 is 1. The molecule has 0 saturated carbocycles. The number of ether oxygens (including phenoxy) is 1. The number of aryl methyl sites for hydroxylation is 2. The minimum absolute atomic E-state index is 0.162. The third-order valence-corrected chi connectivity index (χ3v) is 6.45. The molecular formula is C27H32N4O2. The summed E-state index contributed by atoms with van der Waals surface area (Å²) in [6, 6.07) is 15.5. The molecule has 3 heterocycles. The molecule has 172 valence electrons. The Morgan fingerprint density at radius 1 is 1.12 bits per heavy atom. The van der Waals surface area contributed by atoms with Gasteiger partial charge in [0.15, 0.2) is 0 Å². The summed E-state index contributed by atoms with van der Waals surface area (Å²) in [6.07, 6.45) is 5.56. The highest BCUT2D eigenvalue weighted by molar-refractivity contribution is 5.92. The van der Waals surface area contributed by atoms with Crippen molar-refractivity contribution < 1.29 is 9.53 Å². The molecule has 0 bridgehead atoms. The standard InChI is InChI=1S/C27H32N4O2/c1-19-16-25(33-3)20(2)15-22(19)18-31-14-8-9-21(17-31)26(23-10-4-6-12-28-23)30-27(32)24-11-5-7-13-29-24/h4-7,10-13,15-16,21,26H,8-9,14,17-18H2,1-3H3,(H,30,32)/t21-,26-/m1/s1. The summed E-state index contributed by atoms with van der Waals surface area (Å²) in [5.41, 5.74) is 5.03. The van der Waals surface area contributed by atoms with Crippen molar-refractivity contribution in [1.82, 2.24) is 20.2 Å². The highest BCUT2D eigenvalue weighted by Gasteiger charge is 2.31. The van der Waals surface area contributed by atoms with Gasteiger partial charge in [0.25, 0.3) is 5.91 Å². The van der Waals surface area contributed by atoms with Crippen molar-refractivity contribution in [1.29, 1.82) is 0 Å². The van der Waals surface area contributed by atoms with Crippen molar-refractivity contribution in [3.8, 4) is 5.75 Å². The topological polar surface area (TPSA) is 67.3 Å². The minimum Gasteiger partial charge on any atom is -0.496 e. The number of nitrogens with zero attached hydrogens (tertiary/aromatic N) is 3. The lowest BCUT2D eigenvalue weighted by Crippen LogP contribution is -2.43. The lowest BCUT2D eigenvalue weighted by molar-refractivity contribution is 0.0870. The van der Waals surface area contributed by atoms with Crippen LogP contribution in [0.1, 0.15) is 51.8 Å². The maximum absolute atomic E-state index is 13.0. The number of hydrogen-bond acceptors (Lipinski definition) is 5. The first-order chi connectivity index (χ1) is 16.0. The predicted molar refractivity (Wildman–Crippen MR) is 129 cm³/mol. The SMILES string of the molecule is COc1cc(C)c(CN2CCC[C@@H]([C@@H](NC(=O)c3ccccn3)c3ccccn3)C2)cc1C. The van der Waals surface area contributed by atoms with Crippen molar-refractivity contribution in [3.05, 3.63) is 89.0 Å². The molecule has 1 fully saturated rings. The maximum atomic E-state index is 13.0. The van der Waals surface area contributed by atoms with E-state index in [9.17, 15) is 4.79 Å². The molecular weight excluding hydrogens is 412 g/mol. The van der Waals surface area contributed by atoms with Crippen LogP contribution in [0.25, 0.3) is 0 Å². The van der Waals surface area contributed by atoms with Crippen LogP contribution in [0, 0.1) is 19.8 Å². The number of benzene rings is 1. The van der Waals surface area contributed by atoms with E-state index in [1.54, 1.807) is 25.6 Å². The van der Waals surface area contributed by atoms with E-state index in [2.05, 4.69) is 46.2 Å². The van der Waals surface area contributed by atoms with Gasteiger partial charge in [-0.05, 0) is 86.2 Å².